The Morgan fingerprint density at radius 2 is 1.90 bits per heavy atom. The van der Waals surface area contributed by atoms with Crippen molar-refractivity contribution < 1.29 is 32.2 Å². The van der Waals surface area contributed by atoms with Crippen molar-refractivity contribution in [2.45, 2.75) is 12.7 Å². The molecule has 2 aromatic carbocycles. The van der Waals surface area contributed by atoms with E-state index in [0.29, 0.717) is 21.7 Å². The zero-order valence-electron chi connectivity index (χ0n) is 14.8. The van der Waals surface area contributed by atoms with Gasteiger partial charge in [-0.05, 0) is 29.8 Å². The molecular weight excluding hydrogens is 391 g/mol. The average molecular weight is 405 g/mol. The first-order valence-corrected chi connectivity index (χ1v) is 8.46. The lowest BCUT2D eigenvalue weighted by atomic mass is 10.2. The Morgan fingerprint density at radius 3 is 2.66 bits per heavy atom. The normalized spacial score (nSPS) is 12.7. The van der Waals surface area contributed by atoms with Crippen LogP contribution in [0.1, 0.15) is 11.3 Å². The van der Waals surface area contributed by atoms with Crippen molar-refractivity contribution in [2.24, 2.45) is 0 Å². The van der Waals surface area contributed by atoms with Crippen LogP contribution in [0.15, 0.2) is 54.7 Å². The van der Waals surface area contributed by atoms with E-state index in [2.05, 4.69) is 10.4 Å². The highest BCUT2D eigenvalue weighted by Crippen LogP contribution is 2.37. The highest BCUT2D eigenvalue weighted by molar-refractivity contribution is 5.70. The molecule has 2 heterocycles. The van der Waals surface area contributed by atoms with Crippen LogP contribution in [0.4, 0.5) is 18.0 Å². The molecule has 1 aliphatic heterocycles. The molecule has 1 aromatic heterocycles. The van der Waals surface area contributed by atoms with E-state index in [9.17, 15) is 18.0 Å². The van der Waals surface area contributed by atoms with Crippen molar-refractivity contribution in [3.8, 4) is 22.9 Å². The van der Waals surface area contributed by atoms with Gasteiger partial charge in [0.15, 0.2) is 22.9 Å². The van der Waals surface area contributed by atoms with Gasteiger partial charge in [0.1, 0.15) is 0 Å². The summed E-state index contributed by atoms with van der Waals surface area (Å²) in [5.41, 5.74) is -0.320. The van der Waals surface area contributed by atoms with Crippen molar-refractivity contribution >= 4 is 6.09 Å². The zero-order chi connectivity index (χ0) is 20.4. The molecule has 3 aromatic rings. The lowest BCUT2D eigenvalue weighted by Gasteiger charge is -2.13. The maximum absolute atomic E-state index is 13.6. The largest absolute Gasteiger partial charge is 0.454 e. The maximum Gasteiger partial charge on any atom is 0.437 e. The number of carbonyl (C=O) groups excluding carboxylic acids is 1. The SMILES string of the molecule is O=C(NCc1ccc2c(c1)OCO2)Oc1cnn(-c2ccccc2)c1C(F)(F)F. The summed E-state index contributed by atoms with van der Waals surface area (Å²) >= 11 is 0. The van der Waals surface area contributed by atoms with Gasteiger partial charge in [0, 0.05) is 6.54 Å². The van der Waals surface area contributed by atoms with E-state index in [1.54, 1.807) is 36.4 Å². The van der Waals surface area contributed by atoms with E-state index < -0.39 is 23.7 Å². The number of carbonyl (C=O) groups is 1. The molecular formula is C19H14F3N3O4. The first-order valence-electron chi connectivity index (χ1n) is 8.46. The molecule has 0 unspecified atom stereocenters. The van der Waals surface area contributed by atoms with Gasteiger partial charge in [0.05, 0.1) is 11.9 Å². The van der Waals surface area contributed by atoms with Gasteiger partial charge in [0.2, 0.25) is 6.79 Å². The van der Waals surface area contributed by atoms with Gasteiger partial charge in [-0.1, -0.05) is 24.3 Å². The Labute approximate surface area is 162 Å². The molecule has 0 radical (unpaired) electrons. The molecule has 0 bridgehead atoms. The summed E-state index contributed by atoms with van der Waals surface area (Å²) in [5.74, 6) is 0.421. The minimum atomic E-state index is -4.78. The Kier molecular flexibility index (Phi) is 4.75. The number of nitrogens with zero attached hydrogens (tertiary/aromatic N) is 2. The molecule has 1 N–H and O–H groups in total. The van der Waals surface area contributed by atoms with Crippen molar-refractivity contribution in [1.82, 2.24) is 15.1 Å². The van der Waals surface area contributed by atoms with E-state index in [1.165, 1.54) is 12.1 Å². The van der Waals surface area contributed by atoms with Gasteiger partial charge in [0.25, 0.3) is 0 Å². The van der Waals surface area contributed by atoms with Gasteiger partial charge < -0.3 is 19.5 Å². The first kappa shape index (κ1) is 18.7. The fraction of sp³-hybridized carbons (Fsp3) is 0.158. The monoisotopic (exact) mass is 405 g/mol. The van der Waals surface area contributed by atoms with Crippen LogP contribution in [0.5, 0.6) is 17.2 Å². The number of rotatable bonds is 4. The minimum absolute atomic E-state index is 0.0314. The Bertz CT molecular complexity index is 1030. The number of hydrogen-bond acceptors (Lipinski definition) is 5. The predicted molar refractivity (Wildman–Crippen MR) is 94.0 cm³/mol. The number of fused-ring (bicyclic) bond motifs is 1. The summed E-state index contributed by atoms with van der Waals surface area (Å²) in [4.78, 5) is 12.1. The highest BCUT2D eigenvalue weighted by Gasteiger charge is 2.40. The molecule has 0 saturated carbocycles. The third-order valence-corrected chi connectivity index (χ3v) is 4.08. The first-order chi connectivity index (χ1) is 13.9. The summed E-state index contributed by atoms with van der Waals surface area (Å²) in [6.07, 6.45) is -4.96. The number of amides is 1. The average Bonchev–Trinajstić information content (AvgIpc) is 3.33. The van der Waals surface area contributed by atoms with E-state index in [4.69, 9.17) is 14.2 Å². The summed E-state index contributed by atoms with van der Waals surface area (Å²) in [5, 5.41) is 6.13. The van der Waals surface area contributed by atoms with Crippen LogP contribution in [-0.4, -0.2) is 22.7 Å². The van der Waals surface area contributed by atoms with Gasteiger partial charge in [-0.2, -0.15) is 18.3 Å². The predicted octanol–water partition coefficient (Wildman–Crippen LogP) is 3.91. The second-order valence-corrected chi connectivity index (χ2v) is 6.03. The van der Waals surface area contributed by atoms with Gasteiger partial charge in [-0.3, -0.25) is 0 Å². The molecule has 0 fully saturated rings. The number of para-hydroxylation sites is 1. The Balaban J connectivity index is 1.49. The summed E-state index contributed by atoms with van der Waals surface area (Å²) in [7, 11) is 0. The molecule has 0 atom stereocenters. The van der Waals surface area contributed by atoms with Crippen LogP contribution >= 0.6 is 0 Å². The second kappa shape index (κ2) is 7.38. The van der Waals surface area contributed by atoms with Crippen LogP contribution in [0, 0.1) is 0 Å². The van der Waals surface area contributed by atoms with Crippen molar-refractivity contribution in [3.05, 3.63) is 66.0 Å². The molecule has 1 aliphatic rings. The minimum Gasteiger partial charge on any atom is -0.454 e. The van der Waals surface area contributed by atoms with Crippen LogP contribution in [-0.2, 0) is 12.7 Å². The number of ether oxygens (including phenoxy) is 3. The van der Waals surface area contributed by atoms with E-state index >= 15 is 0 Å². The summed E-state index contributed by atoms with van der Waals surface area (Å²) in [6, 6.07) is 12.8. The van der Waals surface area contributed by atoms with E-state index in [-0.39, 0.29) is 19.0 Å². The van der Waals surface area contributed by atoms with E-state index in [1.807, 2.05) is 0 Å². The van der Waals surface area contributed by atoms with Crippen molar-refractivity contribution in [1.29, 1.82) is 0 Å². The molecule has 29 heavy (non-hydrogen) atoms. The smallest absolute Gasteiger partial charge is 0.437 e. The maximum atomic E-state index is 13.6. The lowest BCUT2D eigenvalue weighted by molar-refractivity contribution is -0.143. The molecule has 7 nitrogen and oxygen atoms in total. The Morgan fingerprint density at radius 1 is 1.14 bits per heavy atom. The van der Waals surface area contributed by atoms with Gasteiger partial charge in [-0.15, -0.1) is 0 Å². The van der Waals surface area contributed by atoms with Crippen molar-refractivity contribution in [3.63, 3.8) is 0 Å². The van der Waals surface area contributed by atoms with Crippen LogP contribution in [0.3, 0.4) is 0 Å². The quantitative estimate of drug-likeness (QED) is 0.713. The molecule has 150 valence electrons. The molecule has 4 rings (SSSR count). The van der Waals surface area contributed by atoms with Gasteiger partial charge in [-0.25, -0.2) is 9.48 Å². The topological polar surface area (TPSA) is 74.6 Å². The standard InChI is InChI=1S/C19H14F3N3O4/c20-19(21,22)17-16(10-24-25(17)13-4-2-1-3-5-13)29-18(26)23-9-12-6-7-14-15(8-12)28-11-27-14/h1-8,10H,9,11H2,(H,23,26). The highest BCUT2D eigenvalue weighted by atomic mass is 19.4. The molecule has 1 amide bonds. The third-order valence-electron chi connectivity index (χ3n) is 4.08. The van der Waals surface area contributed by atoms with E-state index in [0.717, 1.165) is 6.20 Å². The molecule has 0 saturated heterocycles. The fourth-order valence-electron chi connectivity index (χ4n) is 2.79. The van der Waals surface area contributed by atoms with Crippen molar-refractivity contribution in [2.75, 3.05) is 6.79 Å². The van der Waals surface area contributed by atoms with Gasteiger partial charge >= 0.3 is 12.3 Å². The Hall–Kier alpha value is -3.69. The number of halogens is 3. The summed E-state index contributed by atoms with van der Waals surface area (Å²) in [6.45, 7) is 0.142. The molecule has 0 aliphatic carbocycles. The van der Waals surface area contributed by atoms with Crippen LogP contribution < -0.4 is 19.5 Å². The third kappa shape index (κ3) is 3.96. The second-order valence-electron chi connectivity index (χ2n) is 6.03. The number of nitrogens with one attached hydrogen (secondary N) is 1. The number of hydrogen-bond donors (Lipinski definition) is 1. The molecule has 10 heteroatoms. The molecule has 0 spiro atoms. The number of aromatic nitrogens is 2. The fourth-order valence-corrected chi connectivity index (χ4v) is 2.79. The number of benzene rings is 2. The summed E-state index contributed by atoms with van der Waals surface area (Å²) < 4.78 is 56.7. The number of alkyl halides is 3. The zero-order valence-corrected chi connectivity index (χ0v) is 14.8. The van der Waals surface area contributed by atoms with Crippen LogP contribution in [0.25, 0.3) is 5.69 Å². The van der Waals surface area contributed by atoms with Crippen LogP contribution in [0.2, 0.25) is 0 Å². The lowest BCUT2D eigenvalue weighted by Crippen LogP contribution is -2.27.